The van der Waals surface area contributed by atoms with Crippen molar-refractivity contribution in [1.82, 2.24) is 15.5 Å². The van der Waals surface area contributed by atoms with Gasteiger partial charge in [-0.25, -0.2) is 4.79 Å². The molecule has 0 radical (unpaired) electrons. The number of carboxylic acids is 1. The van der Waals surface area contributed by atoms with E-state index in [0.29, 0.717) is 30.6 Å². The number of benzene rings is 2. The summed E-state index contributed by atoms with van der Waals surface area (Å²) in [5.41, 5.74) is 4.99. The Kier molecular flexibility index (Phi) is 16.5. The monoisotopic (exact) mass is 818 g/mol. The van der Waals surface area contributed by atoms with Crippen molar-refractivity contribution in [2.75, 3.05) is 13.7 Å². The molecule has 5 atom stereocenters. The zero-order valence-electron chi connectivity index (χ0n) is 34.6. The number of nitrogens with one attached hydrogen (secondary N) is 2. The lowest BCUT2D eigenvalue weighted by Gasteiger charge is -2.35. The highest BCUT2D eigenvalue weighted by molar-refractivity contribution is 6.38. The molecule has 2 aromatic carbocycles. The van der Waals surface area contributed by atoms with Crippen molar-refractivity contribution in [3.05, 3.63) is 65.2 Å². The van der Waals surface area contributed by atoms with Crippen molar-refractivity contribution < 1.29 is 52.9 Å². The summed E-state index contributed by atoms with van der Waals surface area (Å²) in [6.07, 6.45) is 2.95. The van der Waals surface area contributed by atoms with Gasteiger partial charge in [-0.2, -0.15) is 0 Å². The van der Waals surface area contributed by atoms with Crippen molar-refractivity contribution in [3.63, 3.8) is 0 Å². The zero-order valence-corrected chi connectivity index (χ0v) is 34.6. The highest BCUT2D eigenvalue weighted by Gasteiger charge is 2.46. The Labute approximate surface area is 345 Å². The maximum absolute atomic E-state index is 14.7. The molecule has 59 heavy (non-hydrogen) atoms. The first-order chi connectivity index (χ1) is 27.9. The highest BCUT2D eigenvalue weighted by atomic mass is 16.5. The number of carboxylic acid groups (broad SMARTS) is 1. The summed E-state index contributed by atoms with van der Waals surface area (Å²) >= 11 is 0. The Morgan fingerprint density at radius 1 is 0.915 bits per heavy atom. The largest absolute Gasteiger partial charge is 0.497 e. The third-order valence-corrected chi connectivity index (χ3v) is 10.8. The van der Waals surface area contributed by atoms with Gasteiger partial charge in [0, 0.05) is 38.1 Å². The molecule has 2 unspecified atom stereocenters. The van der Waals surface area contributed by atoms with E-state index in [9.17, 15) is 43.5 Å². The fraction of sp³-hybridized carbons (Fsp3) is 0.545. The number of aromatic carboxylic acids is 1. The molecule has 1 saturated carbocycles. The predicted octanol–water partition coefficient (Wildman–Crippen LogP) is 4.49. The molecule has 1 aliphatic carbocycles. The van der Waals surface area contributed by atoms with Crippen LogP contribution in [-0.4, -0.2) is 94.4 Å². The van der Waals surface area contributed by atoms with Crippen LogP contribution in [0.5, 0.6) is 5.75 Å². The molecule has 0 bridgehead atoms. The van der Waals surface area contributed by atoms with Crippen LogP contribution in [0.1, 0.15) is 131 Å². The second-order valence-corrected chi connectivity index (χ2v) is 16.4. The molecule has 1 saturated heterocycles. The van der Waals surface area contributed by atoms with E-state index < -0.39 is 95.5 Å². The summed E-state index contributed by atoms with van der Waals surface area (Å²) in [5, 5.41) is 15.1. The van der Waals surface area contributed by atoms with Gasteiger partial charge in [-0.15, -0.1) is 0 Å². The molecule has 1 aliphatic heterocycles. The van der Waals surface area contributed by atoms with E-state index in [4.69, 9.17) is 15.2 Å². The first-order valence-corrected chi connectivity index (χ1v) is 20.4. The van der Waals surface area contributed by atoms with Gasteiger partial charge < -0.3 is 35.8 Å². The summed E-state index contributed by atoms with van der Waals surface area (Å²) < 4.78 is 11.4. The van der Waals surface area contributed by atoms with Gasteiger partial charge in [-0.1, -0.05) is 56.9 Å². The van der Waals surface area contributed by atoms with Crippen molar-refractivity contribution >= 4 is 46.9 Å². The molecule has 2 aliphatic rings. The fourth-order valence-electron chi connectivity index (χ4n) is 8.05. The van der Waals surface area contributed by atoms with Gasteiger partial charge in [-0.3, -0.25) is 33.6 Å². The number of ketones is 3. The van der Waals surface area contributed by atoms with E-state index in [2.05, 4.69) is 10.6 Å². The molecule has 2 fully saturated rings. The number of ether oxygens (including phenoxy) is 2. The smallest absolute Gasteiger partial charge is 0.336 e. The Balaban J connectivity index is 1.52. The third kappa shape index (κ3) is 12.8. The van der Waals surface area contributed by atoms with Crippen molar-refractivity contribution in [1.29, 1.82) is 0 Å². The number of nitrogens with zero attached hydrogens (tertiary/aromatic N) is 1. The fourth-order valence-corrected chi connectivity index (χ4v) is 8.05. The summed E-state index contributed by atoms with van der Waals surface area (Å²) in [7, 11) is 1.45. The normalized spacial score (nSPS) is 18.6. The second kappa shape index (κ2) is 21.0. The van der Waals surface area contributed by atoms with Crippen LogP contribution in [0.3, 0.4) is 0 Å². The number of methoxy groups -OCH3 is 1. The molecule has 15 heteroatoms. The van der Waals surface area contributed by atoms with Gasteiger partial charge in [0.25, 0.3) is 5.91 Å². The van der Waals surface area contributed by atoms with E-state index in [-0.39, 0.29) is 42.9 Å². The number of nitrogens with two attached hydrogens (primary N) is 1. The minimum absolute atomic E-state index is 0.0415. The van der Waals surface area contributed by atoms with Gasteiger partial charge >= 0.3 is 5.97 Å². The van der Waals surface area contributed by atoms with E-state index in [1.54, 1.807) is 30.3 Å². The van der Waals surface area contributed by atoms with Crippen molar-refractivity contribution in [3.8, 4) is 5.75 Å². The minimum atomic E-state index is -1.29. The lowest BCUT2D eigenvalue weighted by atomic mass is 9.82. The Bertz CT molecular complexity index is 1880. The van der Waals surface area contributed by atoms with Crippen LogP contribution in [0.2, 0.25) is 0 Å². The topological polar surface area (TPSA) is 229 Å². The average Bonchev–Trinajstić information content (AvgIpc) is 3.62. The maximum atomic E-state index is 14.7. The quantitative estimate of drug-likeness (QED) is 0.136. The molecular weight excluding hydrogens is 761 g/mol. The van der Waals surface area contributed by atoms with Gasteiger partial charge in [0.1, 0.15) is 17.8 Å². The number of primary amides is 1. The van der Waals surface area contributed by atoms with Crippen LogP contribution in [0.4, 0.5) is 0 Å². The maximum Gasteiger partial charge on any atom is 0.336 e. The molecule has 4 amide bonds. The average molecular weight is 819 g/mol. The Hall–Kier alpha value is -5.44. The molecule has 0 aromatic heterocycles. The predicted molar refractivity (Wildman–Crippen MR) is 216 cm³/mol. The molecule has 5 N–H and O–H groups in total. The molecular formula is C44H58N4O11. The summed E-state index contributed by atoms with van der Waals surface area (Å²) in [6, 6.07) is 8.87. The van der Waals surface area contributed by atoms with Crippen LogP contribution in [-0.2, 0) is 33.5 Å². The number of likely N-dealkylation sites (tertiary alicyclic amines) is 1. The molecule has 2 aromatic rings. The SMILES string of the molecule is CCCC(CC(=O)[C@@H]1C[C@@H](OC(C)(C)C)CN1C(=O)[C@@H](NC(=O)c1ccccc1C(=O)O)C1CCCCC1)C(=O)C(=O)CCC(=O)NC(C(N)=O)c1cccc(OC)c1. The van der Waals surface area contributed by atoms with E-state index >= 15 is 0 Å². The molecule has 15 nitrogen and oxygen atoms in total. The lowest BCUT2D eigenvalue weighted by Crippen LogP contribution is -2.55. The van der Waals surface area contributed by atoms with Crippen LogP contribution in [0, 0.1) is 11.8 Å². The molecule has 1 heterocycles. The number of rotatable bonds is 20. The molecule has 0 spiro atoms. The number of Topliss-reactive ketones (excluding diaryl/α,β-unsaturated/α-hetero) is 3. The van der Waals surface area contributed by atoms with E-state index in [1.165, 1.54) is 30.2 Å². The summed E-state index contributed by atoms with van der Waals surface area (Å²) in [5.74, 6) is -6.97. The van der Waals surface area contributed by atoms with Crippen LogP contribution in [0.25, 0.3) is 0 Å². The van der Waals surface area contributed by atoms with Gasteiger partial charge in [-0.05, 0) is 75.8 Å². The lowest BCUT2D eigenvalue weighted by molar-refractivity contribution is -0.143. The van der Waals surface area contributed by atoms with Gasteiger partial charge in [0.2, 0.25) is 23.5 Å². The first-order valence-electron chi connectivity index (χ1n) is 20.4. The summed E-state index contributed by atoms with van der Waals surface area (Å²) in [6.45, 7) is 7.42. The Morgan fingerprint density at radius 2 is 1.59 bits per heavy atom. The first kappa shape index (κ1) is 46.3. The number of hydrogen-bond acceptors (Lipinski definition) is 10. The standard InChI is InChI=1S/C44H58N4O11/c1-6-13-28(39(52)34(49)20-21-36(51)46-37(40(45)53)27-16-12-17-29(22-27)58-5)23-35(50)33-24-30(59-44(2,3)4)25-48(33)42(55)38(26-14-8-7-9-15-26)47-41(54)31-18-10-11-19-32(31)43(56)57/h10-12,16-19,22,26,28,30,33,37-38H,6-9,13-15,20-21,23-25H2,1-5H3,(H2,45,53)(H,46,51)(H,47,54)(H,56,57)/t28?,30-,33+,37?,38+/m1/s1. The Morgan fingerprint density at radius 3 is 2.20 bits per heavy atom. The van der Waals surface area contributed by atoms with Crippen LogP contribution in [0.15, 0.2) is 48.5 Å². The zero-order chi connectivity index (χ0) is 43.4. The van der Waals surface area contributed by atoms with Crippen LogP contribution >= 0.6 is 0 Å². The molecule has 4 rings (SSSR count). The number of hydrogen-bond donors (Lipinski definition) is 4. The van der Waals surface area contributed by atoms with Crippen molar-refractivity contribution in [2.24, 2.45) is 17.6 Å². The highest BCUT2D eigenvalue weighted by Crippen LogP contribution is 2.33. The second-order valence-electron chi connectivity index (χ2n) is 16.4. The van der Waals surface area contributed by atoms with Crippen molar-refractivity contribution in [2.45, 2.75) is 128 Å². The minimum Gasteiger partial charge on any atom is -0.497 e. The summed E-state index contributed by atoms with van der Waals surface area (Å²) in [4.78, 5) is 108. The van der Waals surface area contributed by atoms with Crippen LogP contribution < -0.4 is 21.1 Å². The number of amides is 4. The number of carbonyl (C=O) groups excluding carboxylic acids is 7. The molecule has 320 valence electrons. The third-order valence-electron chi connectivity index (χ3n) is 10.8. The van der Waals surface area contributed by atoms with Gasteiger partial charge in [0.15, 0.2) is 11.6 Å². The van der Waals surface area contributed by atoms with E-state index in [0.717, 1.165) is 19.3 Å². The van der Waals surface area contributed by atoms with E-state index in [1.807, 2.05) is 27.7 Å². The van der Waals surface area contributed by atoms with Gasteiger partial charge in [0.05, 0.1) is 36.0 Å². The number of carbonyl (C=O) groups is 8.